The van der Waals surface area contributed by atoms with Crippen LogP contribution in [0.4, 0.5) is 0 Å². The topological polar surface area (TPSA) is 59.7 Å². The van der Waals surface area contributed by atoms with Gasteiger partial charge in [0.15, 0.2) is 0 Å². The standard InChI is InChI=1S/C16H19N3O2S/c1-16(2,3)14-18-19-12(9-20)13(17-15(19)22-14)10-6-5-7-11(8-10)21-4/h5-8,20H,9H2,1-4H3. The summed E-state index contributed by atoms with van der Waals surface area (Å²) in [5.41, 5.74) is 2.34. The number of imidazole rings is 1. The zero-order valence-corrected chi connectivity index (χ0v) is 13.9. The maximum Gasteiger partial charge on any atom is 0.213 e. The molecule has 22 heavy (non-hydrogen) atoms. The van der Waals surface area contributed by atoms with Gasteiger partial charge in [-0.05, 0) is 12.1 Å². The van der Waals surface area contributed by atoms with Crippen molar-refractivity contribution in [2.75, 3.05) is 7.11 Å². The molecule has 3 rings (SSSR count). The Morgan fingerprint density at radius 3 is 2.73 bits per heavy atom. The van der Waals surface area contributed by atoms with Crippen LogP contribution in [0.5, 0.6) is 5.75 Å². The van der Waals surface area contributed by atoms with Crippen LogP contribution in [0.25, 0.3) is 16.2 Å². The van der Waals surface area contributed by atoms with Crippen LogP contribution in [-0.4, -0.2) is 26.8 Å². The third-order valence-corrected chi connectivity index (χ3v) is 4.77. The van der Waals surface area contributed by atoms with Crippen molar-refractivity contribution in [3.05, 3.63) is 35.0 Å². The number of aliphatic hydroxyl groups excluding tert-OH is 1. The summed E-state index contributed by atoms with van der Waals surface area (Å²) < 4.78 is 7.01. The number of methoxy groups -OCH3 is 1. The number of benzene rings is 1. The summed E-state index contributed by atoms with van der Waals surface area (Å²) in [6.45, 7) is 6.24. The fourth-order valence-corrected chi connectivity index (χ4v) is 3.21. The minimum Gasteiger partial charge on any atom is -0.497 e. The quantitative estimate of drug-likeness (QED) is 0.805. The normalized spacial score (nSPS) is 12.0. The van der Waals surface area contributed by atoms with Crippen molar-refractivity contribution in [2.24, 2.45) is 0 Å². The van der Waals surface area contributed by atoms with E-state index >= 15 is 0 Å². The van der Waals surface area contributed by atoms with Gasteiger partial charge < -0.3 is 9.84 Å². The highest BCUT2D eigenvalue weighted by Gasteiger charge is 2.23. The lowest BCUT2D eigenvalue weighted by Crippen LogP contribution is -2.11. The first kappa shape index (κ1) is 15.0. The van der Waals surface area contributed by atoms with Gasteiger partial charge in [0.2, 0.25) is 4.96 Å². The number of hydrogen-bond donors (Lipinski definition) is 1. The van der Waals surface area contributed by atoms with Crippen LogP contribution < -0.4 is 4.74 Å². The van der Waals surface area contributed by atoms with Crippen molar-refractivity contribution < 1.29 is 9.84 Å². The lowest BCUT2D eigenvalue weighted by molar-refractivity contribution is 0.274. The maximum atomic E-state index is 9.78. The molecule has 2 aromatic heterocycles. The van der Waals surface area contributed by atoms with E-state index < -0.39 is 0 Å². The first-order chi connectivity index (χ1) is 10.4. The molecule has 1 N–H and O–H groups in total. The fourth-order valence-electron chi connectivity index (χ4n) is 2.24. The molecule has 116 valence electrons. The highest BCUT2D eigenvalue weighted by Crippen LogP contribution is 2.32. The average molecular weight is 317 g/mol. The van der Waals surface area contributed by atoms with Gasteiger partial charge in [0.05, 0.1) is 25.1 Å². The number of ether oxygens (including phenoxy) is 1. The molecule has 0 unspecified atom stereocenters. The minimum absolute atomic E-state index is 0.0335. The van der Waals surface area contributed by atoms with E-state index in [4.69, 9.17) is 4.74 Å². The van der Waals surface area contributed by atoms with Crippen LogP contribution >= 0.6 is 11.3 Å². The van der Waals surface area contributed by atoms with Gasteiger partial charge in [0, 0.05) is 11.0 Å². The van der Waals surface area contributed by atoms with E-state index in [1.165, 1.54) is 0 Å². The molecule has 0 aliphatic heterocycles. The Hall–Kier alpha value is -1.92. The van der Waals surface area contributed by atoms with Crippen molar-refractivity contribution in [3.8, 4) is 17.0 Å². The molecule has 0 aliphatic rings. The Kier molecular flexibility index (Phi) is 3.66. The lowest BCUT2D eigenvalue weighted by atomic mass is 9.98. The molecule has 5 nitrogen and oxygen atoms in total. The minimum atomic E-state index is -0.110. The van der Waals surface area contributed by atoms with Gasteiger partial charge in [-0.3, -0.25) is 0 Å². The molecule has 0 fully saturated rings. The number of nitrogens with zero attached hydrogens (tertiary/aromatic N) is 3. The Balaban J connectivity index is 2.16. The molecule has 0 spiro atoms. The molecule has 0 bridgehead atoms. The fraction of sp³-hybridized carbons (Fsp3) is 0.375. The summed E-state index contributed by atoms with van der Waals surface area (Å²) in [6, 6.07) is 7.67. The third kappa shape index (κ3) is 2.48. The summed E-state index contributed by atoms with van der Waals surface area (Å²) in [6.07, 6.45) is 0. The molecule has 0 aliphatic carbocycles. The summed E-state index contributed by atoms with van der Waals surface area (Å²) in [7, 11) is 1.63. The summed E-state index contributed by atoms with van der Waals surface area (Å²) in [5, 5.41) is 15.4. The SMILES string of the molecule is COc1cccc(-c2nc3sc(C(C)(C)C)nn3c2CO)c1. The smallest absolute Gasteiger partial charge is 0.213 e. The van der Waals surface area contributed by atoms with Crippen LogP contribution in [0.3, 0.4) is 0 Å². The summed E-state index contributed by atoms with van der Waals surface area (Å²) in [4.78, 5) is 5.46. The number of fused-ring (bicyclic) bond motifs is 1. The average Bonchev–Trinajstić information content (AvgIpc) is 3.04. The van der Waals surface area contributed by atoms with Crippen LogP contribution in [0.2, 0.25) is 0 Å². The van der Waals surface area contributed by atoms with Crippen LogP contribution in [0, 0.1) is 0 Å². The molecule has 2 heterocycles. The van der Waals surface area contributed by atoms with Gasteiger partial charge >= 0.3 is 0 Å². The summed E-state index contributed by atoms with van der Waals surface area (Å²) in [5.74, 6) is 0.765. The van der Waals surface area contributed by atoms with Gasteiger partial charge in [0.25, 0.3) is 0 Å². The van der Waals surface area contributed by atoms with E-state index in [0.29, 0.717) is 5.69 Å². The molecule has 0 amide bonds. The molecule has 0 radical (unpaired) electrons. The zero-order valence-electron chi connectivity index (χ0n) is 13.1. The van der Waals surface area contributed by atoms with E-state index in [-0.39, 0.29) is 12.0 Å². The molecule has 3 aromatic rings. The molecule has 0 atom stereocenters. The van der Waals surface area contributed by atoms with Crippen molar-refractivity contribution in [1.82, 2.24) is 14.6 Å². The maximum absolute atomic E-state index is 9.78. The number of hydrogen-bond acceptors (Lipinski definition) is 5. The highest BCUT2D eigenvalue weighted by atomic mass is 32.1. The van der Waals surface area contributed by atoms with E-state index in [0.717, 1.165) is 27.0 Å². The molecular weight excluding hydrogens is 298 g/mol. The predicted octanol–water partition coefficient (Wildman–Crippen LogP) is 3.26. The summed E-state index contributed by atoms with van der Waals surface area (Å²) >= 11 is 1.56. The first-order valence-corrected chi connectivity index (χ1v) is 7.90. The zero-order chi connectivity index (χ0) is 15.9. The molecular formula is C16H19N3O2S. The van der Waals surface area contributed by atoms with Gasteiger partial charge in [-0.15, -0.1) is 0 Å². The van der Waals surface area contributed by atoms with Crippen molar-refractivity contribution in [1.29, 1.82) is 0 Å². The monoisotopic (exact) mass is 317 g/mol. The molecule has 6 heteroatoms. The lowest BCUT2D eigenvalue weighted by Gasteiger charge is -2.12. The van der Waals surface area contributed by atoms with E-state index in [1.807, 2.05) is 24.3 Å². The van der Waals surface area contributed by atoms with Gasteiger partial charge in [0.1, 0.15) is 10.8 Å². The number of aromatic nitrogens is 3. The van der Waals surface area contributed by atoms with Gasteiger partial charge in [-0.25, -0.2) is 9.50 Å². The Bertz CT molecular complexity index is 815. The largest absolute Gasteiger partial charge is 0.497 e. The van der Waals surface area contributed by atoms with Gasteiger partial charge in [-0.2, -0.15) is 5.10 Å². The third-order valence-electron chi connectivity index (χ3n) is 3.43. The first-order valence-electron chi connectivity index (χ1n) is 7.08. The van der Waals surface area contributed by atoms with E-state index in [2.05, 4.69) is 30.9 Å². The van der Waals surface area contributed by atoms with E-state index in [1.54, 1.807) is 23.0 Å². The van der Waals surface area contributed by atoms with Gasteiger partial charge in [-0.1, -0.05) is 44.2 Å². The second kappa shape index (κ2) is 5.37. The van der Waals surface area contributed by atoms with Crippen molar-refractivity contribution in [3.63, 3.8) is 0 Å². The Morgan fingerprint density at radius 2 is 2.09 bits per heavy atom. The molecule has 0 saturated heterocycles. The highest BCUT2D eigenvalue weighted by molar-refractivity contribution is 7.16. The number of rotatable bonds is 3. The predicted molar refractivity (Wildman–Crippen MR) is 87.5 cm³/mol. The van der Waals surface area contributed by atoms with Crippen LogP contribution in [0.15, 0.2) is 24.3 Å². The molecule has 1 aromatic carbocycles. The molecule has 0 saturated carbocycles. The van der Waals surface area contributed by atoms with Crippen LogP contribution in [-0.2, 0) is 12.0 Å². The second-order valence-electron chi connectivity index (χ2n) is 6.15. The van der Waals surface area contributed by atoms with E-state index in [9.17, 15) is 5.11 Å². The Morgan fingerprint density at radius 1 is 1.32 bits per heavy atom. The van der Waals surface area contributed by atoms with Crippen LogP contribution in [0.1, 0.15) is 31.5 Å². The number of aliphatic hydroxyl groups is 1. The van der Waals surface area contributed by atoms with Crippen molar-refractivity contribution >= 4 is 16.3 Å². The second-order valence-corrected chi connectivity index (χ2v) is 7.10. The Labute approximate surface area is 133 Å². The van der Waals surface area contributed by atoms with Crippen molar-refractivity contribution in [2.45, 2.75) is 32.8 Å².